The van der Waals surface area contributed by atoms with Crippen molar-refractivity contribution in [2.45, 2.75) is 51.4 Å². The molecule has 0 N–H and O–H groups in total. The van der Waals surface area contributed by atoms with E-state index in [1.807, 2.05) is 30.3 Å². The largest absolute Gasteiger partial charge is 0.496 e. The Labute approximate surface area is 133 Å². The number of methoxy groups -OCH3 is 1. The summed E-state index contributed by atoms with van der Waals surface area (Å²) in [5.41, 5.74) is 2.00. The highest BCUT2D eigenvalue weighted by Gasteiger charge is 2.30. The van der Waals surface area contributed by atoms with Gasteiger partial charge in [-0.25, -0.2) is 0 Å². The zero-order valence-electron chi connectivity index (χ0n) is 13.5. The SMILES string of the molecule is COc1ccccc1C=C1CCC(C2CCCCC2)CC1=O. The standard InChI is InChI=1S/C20H26O2/c1-22-20-10-6-5-9-18(20)13-17-12-11-16(14-19(17)21)15-7-3-2-4-8-15/h5-6,9-10,13,15-16H,2-4,7-8,11-12,14H2,1H3. The van der Waals surface area contributed by atoms with E-state index in [9.17, 15) is 4.79 Å². The molecule has 1 unspecified atom stereocenters. The van der Waals surface area contributed by atoms with Crippen molar-refractivity contribution in [2.24, 2.45) is 11.8 Å². The Morgan fingerprint density at radius 2 is 1.82 bits per heavy atom. The predicted octanol–water partition coefficient (Wildman–Crippen LogP) is 5.03. The molecule has 0 spiro atoms. The summed E-state index contributed by atoms with van der Waals surface area (Å²) in [4.78, 5) is 12.5. The van der Waals surface area contributed by atoms with Crippen molar-refractivity contribution in [2.75, 3.05) is 7.11 Å². The van der Waals surface area contributed by atoms with Crippen LogP contribution in [-0.2, 0) is 4.79 Å². The van der Waals surface area contributed by atoms with Gasteiger partial charge in [-0.05, 0) is 42.4 Å². The molecule has 0 bridgehead atoms. The summed E-state index contributed by atoms with van der Waals surface area (Å²) in [5.74, 6) is 2.62. The molecule has 2 saturated carbocycles. The average Bonchev–Trinajstić information content (AvgIpc) is 2.58. The molecule has 1 atom stereocenters. The van der Waals surface area contributed by atoms with Gasteiger partial charge in [0.05, 0.1) is 7.11 Å². The molecule has 0 heterocycles. The third-order valence-electron chi connectivity index (χ3n) is 5.38. The molecule has 0 saturated heterocycles. The van der Waals surface area contributed by atoms with Crippen LogP contribution in [0.4, 0.5) is 0 Å². The van der Waals surface area contributed by atoms with Crippen LogP contribution in [0.3, 0.4) is 0 Å². The van der Waals surface area contributed by atoms with Crippen LogP contribution in [0.1, 0.15) is 56.9 Å². The number of carbonyl (C=O) groups is 1. The molecule has 2 nitrogen and oxygen atoms in total. The summed E-state index contributed by atoms with van der Waals surface area (Å²) >= 11 is 0. The van der Waals surface area contributed by atoms with E-state index in [1.54, 1.807) is 7.11 Å². The van der Waals surface area contributed by atoms with Gasteiger partial charge in [-0.1, -0.05) is 50.3 Å². The summed E-state index contributed by atoms with van der Waals surface area (Å²) in [6.07, 6.45) is 11.7. The van der Waals surface area contributed by atoms with E-state index >= 15 is 0 Å². The molecule has 2 heteroatoms. The molecule has 3 rings (SSSR count). The van der Waals surface area contributed by atoms with Crippen molar-refractivity contribution >= 4 is 11.9 Å². The van der Waals surface area contributed by atoms with Gasteiger partial charge in [0, 0.05) is 12.0 Å². The maximum Gasteiger partial charge on any atom is 0.159 e. The van der Waals surface area contributed by atoms with Gasteiger partial charge in [0.25, 0.3) is 0 Å². The molecule has 0 radical (unpaired) electrons. The van der Waals surface area contributed by atoms with Gasteiger partial charge in [-0.2, -0.15) is 0 Å². The number of ketones is 1. The second kappa shape index (κ2) is 7.13. The van der Waals surface area contributed by atoms with E-state index in [0.29, 0.717) is 11.7 Å². The van der Waals surface area contributed by atoms with Crippen molar-refractivity contribution in [3.05, 3.63) is 35.4 Å². The summed E-state index contributed by atoms with van der Waals surface area (Å²) in [6, 6.07) is 7.92. The smallest absolute Gasteiger partial charge is 0.159 e. The van der Waals surface area contributed by atoms with Gasteiger partial charge in [0.2, 0.25) is 0 Å². The van der Waals surface area contributed by atoms with E-state index in [1.165, 1.54) is 38.5 Å². The van der Waals surface area contributed by atoms with E-state index in [-0.39, 0.29) is 0 Å². The van der Waals surface area contributed by atoms with Gasteiger partial charge in [0.15, 0.2) is 5.78 Å². The minimum absolute atomic E-state index is 0.354. The Kier molecular flexibility index (Phi) is 4.97. The van der Waals surface area contributed by atoms with Crippen LogP contribution in [-0.4, -0.2) is 12.9 Å². The Bertz CT molecular complexity index is 553. The zero-order chi connectivity index (χ0) is 15.4. The minimum atomic E-state index is 0.354. The normalized spacial score (nSPS) is 25.4. The van der Waals surface area contributed by atoms with Gasteiger partial charge < -0.3 is 4.74 Å². The van der Waals surface area contributed by atoms with Crippen LogP contribution in [0.5, 0.6) is 5.75 Å². The predicted molar refractivity (Wildman–Crippen MR) is 89.9 cm³/mol. The van der Waals surface area contributed by atoms with Gasteiger partial charge in [-0.3, -0.25) is 4.79 Å². The molecular weight excluding hydrogens is 272 g/mol. The molecule has 0 amide bonds. The first-order chi connectivity index (χ1) is 10.8. The van der Waals surface area contributed by atoms with E-state index < -0.39 is 0 Å². The maximum atomic E-state index is 12.5. The lowest BCUT2D eigenvalue weighted by molar-refractivity contribution is -0.118. The fourth-order valence-electron chi connectivity index (χ4n) is 4.09. The lowest BCUT2D eigenvalue weighted by atomic mass is 9.72. The van der Waals surface area contributed by atoms with E-state index in [0.717, 1.165) is 35.6 Å². The van der Waals surface area contributed by atoms with Gasteiger partial charge >= 0.3 is 0 Å². The number of benzene rings is 1. The molecule has 0 aromatic heterocycles. The topological polar surface area (TPSA) is 26.3 Å². The highest BCUT2D eigenvalue weighted by molar-refractivity contribution is 6.00. The van der Waals surface area contributed by atoms with Crippen molar-refractivity contribution in [1.29, 1.82) is 0 Å². The highest BCUT2D eigenvalue weighted by atomic mass is 16.5. The molecule has 2 fully saturated rings. The van der Waals surface area contributed by atoms with E-state index in [2.05, 4.69) is 0 Å². The number of rotatable bonds is 3. The Balaban J connectivity index is 1.70. The number of hydrogen-bond acceptors (Lipinski definition) is 2. The lowest BCUT2D eigenvalue weighted by Gasteiger charge is -2.33. The number of Topliss-reactive ketones (excluding diaryl/α,β-unsaturated/α-hetero) is 1. The van der Waals surface area contributed by atoms with E-state index in [4.69, 9.17) is 4.74 Å². The zero-order valence-corrected chi connectivity index (χ0v) is 13.5. The van der Waals surface area contributed by atoms with Gasteiger partial charge in [-0.15, -0.1) is 0 Å². The number of hydrogen-bond donors (Lipinski definition) is 0. The Morgan fingerprint density at radius 3 is 2.55 bits per heavy atom. The first-order valence-electron chi connectivity index (χ1n) is 8.64. The maximum absolute atomic E-state index is 12.5. The molecule has 2 aliphatic rings. The molecular formula is C20H26O2. The molecule has 1 aromatic rings. The van der Waals surface area contributed by atoms with Crippen molar-refractivity contribution in [3.63, 3.8) is 0 Å². The number of allylic oxidation sites excluding steroid dienone is 1. The molecule has 118 valence electrons. The van der Waals surface area contributed by atoms with Gasteiger partial charge in [0.1, 0.15) is 5.75 Å². The third kappa shape index (κ3) is 3.43. The van der Waals surface area contributed by atoms with Crippen molar-refractivity contribution in [3.8, 4) is 5.75 Å². The van der Waals surface area contributed by atoms with Crippen molar-refractivity contribution < 1.29 is 9.53 Å². The monoisotopic (exact) mass is 298 g/mol. The highest BCUT2D eigenvalue weighted by Crippen LogP contribution is 2.39. The van der Waals surface area contributed by atoms with Crippen LogP contribution in [0.2, 0.25) is 0 Å². The first-order valence-corrected chi connectivity index (χ1v) is 8.64. The van der Waals surface area contributed by atoms with Crippen molar-refractivity contribution in [1.82, 2.24) is 0 Å². The third-order valence-corrected chi connectivity index (χ3v) is 5.38. The first kappa shape index (κ1) is 15.3. The molecule has 0 aliphatic heterocycles. The lowest BCUT2D eigenvalue weighted by Crippen LogP contribution is -2.25. The Morgan fingerprint density at radius 1 is 1.05 bits per heavy atom. The minimum Gasteiger partial charge on any atom is -0.496 e. The van der Waals surface area contributed by atoms with Crippen LogP contribution >= 0.6 is 0 Å². The summed E-state index contributed by atoms with van der Waals surface area (Å²) in [6.45, 7) is 0. The summed E-state index contributed by atoms with van der Waals surface area (Å²) in [7, 11) is 1.68. The Hall–Kier alpha value is -1.57. The van der Waals surface area contributed by atoms with Crippen LogP contribution in [0.15, 0.2) is 29.8 Å². The quantitative estimate of drug-likeness (QED) is 0.732. The molecule has 1 aromatic carbocycles. The summed E-state index contributed by atoms with van der Waals surface area (Å²) in [5, 5.41) is 0. The fourth-order valence-corrected chi connectivity index (χ4v) is 4.09. The second-order valence-electron chi connectivity index (χ2n) is 6.74. The van der Waals surface area contributed by atoms with Crippen LogP contribution in [0.25, 0.3) is 6.08 Å². The molecule has 22 heavy (non-hydrogen) atoms. The van der Waals surface area contributed by atoms with Crippen LogP contribution < -0.4 is 4.74 Å². The number of carbonyl (C=O) groups excluding carboxylic acids is 1. The fraction of sp³-hybridized carbons (Fsp3) is 0.550. The average molecular weight is 298 g/mol. The molecule has 2 aliphatic carbocycles. The number of ether oxygens (including phenoxy) is 1. The number of para-hydroxylation sites is 1. The summed E-state index contributed by atoms with van der Waals surface area (Å²) < 4.78 is 5.38. The van der Waals surface area contributed by atoms with Crippen LogP contribution in [0, 0.1) is 11.8 Å². The second-order valence-corrected chi connectivity index (χ2v) is 6.74.